The van der Waals surface area contributed by atoms with Crippen molar-refractivity contribution in [2.75, 3.05) is 6.54 Å². The molecule has 1 aliphatic heterocycles. The van der Waals surface area contributed by atoms with E-state index in [0.717, 1.165) is 18.0 Å². The number of rotatable bonds is 3. The van der Waals surface area contributed by atoms with Crippen molar-refractivity contribution in [2.45, 2.75) is 46.2 Å². The zero-order valence-electron chi connectivity index (χ0n) is 7.59. The summed E-state index contributed by atoms with van der Waals surface area (Å²) in [5.41, 5.74) is 0. The summed E-state index contributed by atoms with van der Waals surface area (Å²) in [5, 5.41) is 0. The van der Waals surface area contributed by atoms with E-state index in [1.54, 1.807) is 0 Å². The summed E-state index contributed by atoms with van der Waals surface area (Å²) in [4.78, 5) is 2.56. The zero-order chi connectivity index (χ0) is 7.72. The zero-order valence-corrected chi connectivity index (χ0v) is 7.59. The molecule has 10 heavy (non-hydrogen) atoms. The van der Waals surface area contributed by atoms with Gasteiger partial charge in [0.15, 0.2) is 0 Å². The molecule has 0 N–H and O–H groups in total. The molecule has 1 aliphatic rings. The van der Waals surface area contributed by atoms with E-state index in [1.165, 1.54) is 13.0 Å². The molecule has 1 fully saturated rings. The van der Waals surface area contributed by atoms with Gasteiger partial charge in [0.2, 0.25) is 0 Å². The van der Waals surface area contributed by atoms with E-state index < -0.39 is 0 Å². The Kier molecular flexibility index (Phi) is 2.35. The fraction of sp³-hybridized carbons (Fsp3) is 1.00. The second-order valence-electron chi connectivity index (χ2n) is 3.90. The molecule has 1 nitrogen and oxygen atoms in total. The first-order valence-corrected chi connectivity index (χ1v) is 4.38. The van der Waals surface area contributed by atoms with Gasteiger partial charge in [0.25, 0.3) is 0 Å². The third-order valence-corrected chi connectivity index (χ3v) is 2.62. The molecule has 2 unspecified atom stereocenters. The maximum atomic E-state index is 2.56. The fourth-order valence-electron chi connectivity index (χ4n) is 1.39. The molecule has 1 heterocycles. The van der Waals surface area contributed by atoms with Crippen molar-refractivity contribution in [1.29, 1.82) is 0 Å². The normalized spacial score (nSPS) is 38.7. The van der Waals surface area contributed by atoms with Crippen LogP contribution in [0.25, 0.3) is 0 Å². The van der Waals surface area contributed by atoms with Crippen LogP contribution in [-0.2, 0) is 0 Å². The largest absolute Gasteiger partial charge is 0.295 e. The van der Waals surface area contributed by atoms with Gasteiger partial charge in [-0.05, 0) is 32.7 Å². The Hall–Kier alpha value is -0.0400. The Bertz CT molecular complexity index is 101. The van der Waals surface area contributed by atoms with Crippen molar-refractivity contribution in [2.24, 2.45) is 5.92 Å². The molecule has 0 aromatic heterocycles. The van der Waals surface area contributed by atoms with Gasteiger partial charge >= 0.3 is 0 Å². The molecule has 0 radical (unpaired) electrons. The van der Waals surface area contributed by atoms with Gasteiger partial charge in [-0.15, -0.1) is 0 Å². The predicted molar refractivity (Wildman–Crippen MR) is 45.1 cm³/mol. The van der Waals surface area contributed by atoms with E-state index in [-0.39, 0.29) is 0 Å². The quantitative estimate of drug-likeness (QED) is 0.544. The van der Waals surface area contributed by atoms with Crippen molar-refractivity contribution < 1.29 is 0 Å². The first-order chi connectivity index (χ1) is 4.63. The smallest absolute Gasteiger partial charge is 0.0224 e. The molecule has 0 bridgehead atoms. The van der Waals surface area contributed by atoms with Crippen LogP contribution in [0.15, 0.2) is 0 Å². The van der Waals surface area contributed by atoms with Crippen molar-refractivity contribution >= 4 is 0 Å². The van der Waals surface area contributed by atoms with E-state index >= 15 is 0 Å². The van der Waals surface area contributed by atoms with Crippen LogP contribution < -0.4 is 0 Å². The van der Waals surface area contributed by atoms with Crippen LogP contribution in [0.4, 0.5) is 0 Å². The molecule has 60 valence electrons. The molecular formula is C9H19N. The molecule has 0 amide bonds. The lowest BCUT2D eigenvalue weighted by atomic mass is 10.1. The van der Waals surface area contributed by atoms with Crippen LogP contribution >= 0.6 is 0 Å². The molecule has 0 aliphatic carbocycles. The molecule has 0 aromatic rings. The fourth-order valence-corrected chi connectivity index (χ4v) is 1.39. The molecule has 1 heteroatoms. The lowest BCUT2D eigenvalue weighted by molar-refractivity contribution is 0.430. The van der Waals surface area contributed by atoms with Gasteiger partial charge in [-0.2, -0.15) is 0 Å². The first kappa shape index (κ1) is 8.06. The van der Waals surface area contributed by atoms with Crippen molar-refractivity contribution in [3.8, 4) is 0 Å². The van der Waals surface area contributed by atoms with E-state index in [1.807, 2.05) is 0 Å². The Morgan fingerprint density at radius 2 is 1.70 bits per heavy atom. The molecule has 0 saturated carbocycles. The second-order valence-corrected chi connectivity index (χ2v) is 3.90. The average Bonchev–Trinajstić information content (AvgIpc) is 2.38. The molecule has 2 atom stereocenters. The van der Waals surface area contributed by atoms with Crippen LogP contribution in [-0.4, -0.2) is 23.5 Å². The maximum Gasteiger partial charge on any atom is 0.0224 e. The van der Waals surface area contributed by atoms with Gasteiger partial charge in [0.1, 0.15) is 0 Å². The number of hydrogen-bond acceptors (Lipinski definition) is 1. The van der Waals surface area contributed by atoms with Crippen molar-refractivity contribution in [3.05, 3.63) is 0 Å². The number of nitrogens with zero attached hydrogens (tertiary/aromatic N) is 1. The molecule has 1 rings (SSSR count). The Labute approximate surface area is 64.4 Å². The minimum atomic E-state index is 0.860. The van der Waals surface area contributed by atoms with Gasteiger partial charge < -0.3 is 0 Å². The summed E-state index contributed by atoms with van der Waals surface area (Å²) >= 11 is 0. The van der Waals surface area contributed by atoms with Crippen LogP contribution in [0.5, 0.6) is 0 Å². The minimum absolute atomic E-state index is 0.860. The molecule has 1 saturated heterocycles. The number of hydrogen-bond donors (Lipinski definition) is 0. The third-order valence-electron chi connectivity index (χ3n) is 2.62. The monoisotopic (exact) mass is 141 g/mol. The molecular weight excluding hydrogens is 122 g/mol. The average molecular weight is 141 g/mol. The highest BCUT2D eigenvalue weighted by atomic mass is 15.3. The van der Waals surface area contributed by atoms with Gasteiger partial charge in [-0.3, -0.25) is 4.90 Å². The summed E-state index contributed by atoms with van der Waals surface area (Å²) < 4.78 is 0. The van der Waals surface area contributed by atoms with Gasteiger partial charge in [-0.25, -0.2) is 0 Å². The molecule has 0 spiro atoms. The summed E-state index contributed by atoms with van der Waals surface area (Å²) in [6.45, 7) is 10.5. The SMILES string of the molecule is CC(C)CCN1C(C)C1C. The lowest BCUT2D eigenvalue weighted by Gasteiger charge is -2.04. The Morgan fingerprint density at radius 3 is 2.00 bits per heavy atom. The highest BCUT2D eigenvalue weighted by molar-refractivity contribution is 4.95. The highest BCUT2D eigenvalue weighted by Crippen LogP contribution is 2.27. The Morgan fingerprint density at radius 1 is 1.20 bits per heavy atom. The minimum Gasteiger partial charge on any atom is -0.295 e. The van der Waals surface area contributed by atoms with E-state index in [9.17, 15) is 0 Å². The van der Waals surface area contributed by atoms with Crippen LogP contribution in [0.2, 0.25) is 0 Å². The summed E-state index contributed by atoms with van der Waals surface area (Å²) in [5.74, 6) is 0.861. The van der Waals surface area contributed by atoms with Gasteiger partial charge in [0.05, 0.1) is 0 Å². The summed E-state index contributed by atoms with van der Waals surface area (Å²) in [7, 11) is 0. The first-order valence-electron chi connectivity index (χ1n) is 4.38. The predicted octanol–water partition coefficient (Wildman–Crippen LogP) is 2.13. The van der Waals surface area contributed by atoms with E-state index in [4.69, 9.17) is 0 Å². The van der Waals surface area contributed by atoms with E-state index in [0.29, 0.717) is 0 Å². The summed E-state index contributed by atoms with van der Waals surface area (Å²) in [6.07, 6.45) is 1.36. The highest BCUT2D eigenvalue weighted by Gasteiger charge is 2.38. The van der Waals surface area contributed by atoms with Crippen LogP contribution in [0.3, 0.4) is 0 Å². The maximum absolute atomic E-state index is 2.56. The standard InChI is InChI=1S/C9H19N/c1-7(2)5-6-10-8(3)9(10)4/h7-9H,5-6H2,1-4H3. The van der Waals surface area contributed by atoms with Crippen LogP contribution in [0, 0.1) is 5.92 Å². The van der Waals surface area contributed by atoms with Gasteiger partial charge in [-0.1, -0.05) is 13.8 Å². The van der Waals surface area contributed by atoms with Crippen LogP contribution in [0.1, 0.15) is 34.1 Å². The van der Waals surface area contributed by atoms with Crippen molar-refractivity contribution in [1.82, 2.24) is 4.90 Å². The molecule has 0 aromatic carbocycles. The van der Waals surface area contributed by atoms with Crippen molar-refractivity contribution in [3.63, 3.8) is 0 Å². The Balaban J connectivity index is 2.06. The topological polar surface area (TPSA) is 3.01 Å². The third kappa shape index (κ3) is 1.72. The van der Waals surface area contributed by atoms with E-state index in [2.05, 4.69) is 32.6 Å². The second kappa shape index (κ2) is 2.91. The summed E-state index contributed by atoms with van der Waals surface area (Å²) in [6, 6.07) is 1.72. The van der Waals surface area contributed by atoms with Gasteiger partial charge in [0, 0.05) is 12.1 Å². The lowest BCUT2D eigenvalue weighted by Crippen LogP contribution is -2.06.